The Morgan fingerprint density at radius 2 is 1.60 bits per heavy atom. The molecule has 0 saturated carbocycles. The number of thioether (sulfide) groups is 1. The molecule has 0 fully saturated rings. The number of aromatic nitrogens is 3. The van der Waals surface area contributed by atoms with E-state index in [9.17, 15) is 4.39 Å². The fourth-order valence-corrected chi connectivity index (χ4v) is 3.91. The summed E-state index contributed by atoms with van der Waals surface area (Å²) in [6.07, 6.45) is 0. The maximum atomic E-state index is 13.2. The number of ether oxygens (including phenoxy) is 2. The molecule has 0 saturated heterocycles. The average Bonchev–Trinajstić information content (AvgIpc) is 3.23. The van der Waals surface area contributed by atoms with Crippen LogP contribution in [0, 0.1) is 5.82 Å². The molecule has 0 N–H and O–H groups in total. The molecule has 0 atom stereocenters. The Kier molecular flexibility index (Phi) is 5.99. The van der Waals surface area contributed by atoms with Crippen LogP contribution < -0.4 is 9.47 Å². The first kappa shape index (κ1) is 20.0. The van der Waals surface area contributed by atoms with Crippen molar-refractivity contribution in [3.63, 3.8) is 0 Å². The Balaban J connectivity index is 1.73. The maximum Gasteiger partial charge on any atom is 0.196 e. The van der Waals surface area contributed by atoms with Gasteiger partial charge in [-0.15, -0.1) is 10.2 Å². The smallest absolute Gasteiger partial charge is 0.196 e. The summed E-state index contributed by atoms with van der Waals surface area (Å²) in [6, 6.07) is 21.9. The number of rotatable bonds is 7. The van der Waals surface area contributed by atoms with Crippen LogP contribution in [0.4, 0.5) is 4.39 Å². The van der Waals surface area contributed by atoms with Crippen LogP contribution in [-0.4, -0.2) is 29.0 Å². The summed E-state index contributed by atoms with van der Waals surface area (Å²) in [5.41, 5.74) is 2.82. The van der Waals surface area contributed by atoms with E-state index in [-0.39, 0.29) is 5.82 Å². The lowest BCUT2D eigenvalue weighted by molar-refractivity contribution is 0.414. The van der Waals surface area contributed by atoms with Crippen LogP contribution in [0.5, 0.6) is 11.5 Å². The highest BCUT2D eigenvalue weighted by molar-refractivity contribution is 7.98. The summed E-state index contributed by atoms with van der Waals surface area (Å²) in [6.45, 7) is 0. The SMILES string of the molecule is COc1ccc(-n2c(SCc3ccc(F)cc3)nnc2-c2cccc(OC)c2)cc1. The summed E-state index contributed by atoms with van der Waals surface area (Å²) < 4.78 is 25.8. The Labute approximate surface area is 178 Å². The van der Waals surface area contributed by atoms with Gasteiger partial charge in [-0.3, -0.25) is 4.57 Å². The third-order valence-electron chi connectivity index (χ3n) is 4.57. The molecule has 0 aliphatic carbocycles. The monoisotopic (exact) mass is 421 g/mol. The Hall–Kier alpha value is -3.32. The van der Waals surface area contributed by atoms with Crippen LogP contribution in [0.3, 0.4) is 0 Å². The van der Waals surface area contributed by atoms with Crippen LogP contribution >= 0.6 is 11.8 Å². The molecular formula is C23H20FN3O2S. The van der Waals surface area contributed by atoms with Gasteiger partial charge in [0.25, 0.3) is 0 Å². The van der Waals surface area contributed by atoms with Crippen LogP contribution in [0.25, 0.3) is 17.1 Å². The first-order chi connectivity index (χ1) is 14.7. The fourth-order valence-electron chi connectivity index (χ4n) is 3.01. The van der Waals surface area contributed by atoms with E-state index < -0.39 is 0 Å². The van der Waals surface area contributed by atoms with E-state index in [4.69, 9.17) is 9.47 Å². The van der Waals surface area contributed by atoms with E-state index in [1.165, 1.54) is 12.1 Å². The van der Waals surface area contributed by atoms with Gasteiger partial charge in [0.15, 0.2) is 11.0 Å². The van der Waals surface area contributed by atoms with Crippen LogP contribution in [0.15, 0.2) is 78.0 Å². The quantitative estimate of drug-likeness (QED) is 0.375. The lowest BCUT2D eigenvalue weighted by Crippen LogP contribution is -2.00. The molecule has 1 heterocycles. The van der Waals surface area contributed by atoms with Crippen LogP contribution in [-0.2, 0) is 5.75 Å². The summed E-state index contributed by atoms with van der Waals surface area (Å²) in [5, 5.41) is 9.62. The molecule has 0 unspecified atom stereocenters. The molecule has 4 aromatic rings. The third-order valence-corrected chi connectivity index (χ3v) is 5.57. The molecule has 0 bridgehead atoms. The van der Waals surface area contributed by atoms with Crippen molar-refractivity contribution in [1.29, 1.82) is 0 Å². The third kappa shape index (κ3) is 4.31. The first-order valence-corrected chi connectivity index (χ1v) is 10.3. The molecule has 1 aromatic heterocycles. The Bertz CT molecular complexity index is 1130. The lowest BCUT2D eigenvalue weighted by Gasteiger charge is -2.12. The topological polar surface area (TPSA) is 49.2 Å². The normalized spacial score (nSPS) is 10.8. The zero-order chi connectivity index (χ0) is 20.9. The van der Waals surface area contributed by atoms with Crippen molar-refractivity contribution >= 4 is 11.8 Å². The van der Waals surface area contributed by atoms with Gasteiger partial charge in [-0.25, -0.2) is 4.39 Å². The maximum absolute atomic E-state index is 13.2. The van der Waals surface area contributed by atoms with Crippen molar-refractivity contribution in [3.05, 3.63) is 84.2 Å². The van der Waals surface area contributed by atoms with Crippen molar-refractivity contribution < 1.29 is 13.9 Å². The molecule has 0 aliphatic rings. The second kappa shape index (κ2) is 9.00. The molecule has 0 amide bonds. The minimum atomic E-state index is -0.245. The van der Waals surface area contributed by atoms with Gasteiger partial charge in [0.05, 0.1) is 14.2 Å². The van der Waals surface area contributed by atoms with Crippen LogP contribution in [0.2, 0.25) is 0 Å². The van der Waals surface area contributed by atoms with E-state index in [1.807, 2.05) is 53.1 Å². The van der Waals surface area contributed by atoms with Gasteiger partial charge in [-0.1, -0.05) is 36.0 Å². The number of benzene rings is 3. The van der Waals surface area contributed by atoms with Crippen molar-refractivity contribution in [2.45, 2.75) is 10.9 Å². The van der Waals surface area contributed by atoms with E-state index >= 15 is 0 Å². The first-order valence-electron chi connectivity index (χ1n) is 9.29. The Morgan fingerprint density at radius 1 is 0.867 bits per heavy atom. The second-order valence-electron chi connectivity index (χ2n) is 6.49. The zero-order valence-corrected chi connectivity index (χ0v) is 17.4. The second-order valence-corrected chi connectivity index (χ2v) is 7.43. The largest absolute Gasteiger partial charge is 0.497 e. The fraction of sp³-hybridized carbons (Fsp3) is 0.130. The molecule has 4 rings (SSSR count). The summed E-state index contributed by atoms with van der Waals surface area (Å²) in [5.74, 6) is 2.63. The van der Waals surface area contributed by atoms with Gasteiger partial charge in [0, 0.05) is 17.0 Å². The number of hydrogen-bond acceptors (Lipinski definition) is 5. The van der Waals surface area contributed by atoms with Crippen molar-refractivity contribution in [2.75, 3.05) is 14.2 Å². The molecule has 30 heavy (non-hydrogen) atoms. The summed E-state index contributed by atoms with van der Waals surface area (Å²) in [4.78, 5) is 0. The number of methoxy groups -OCH3 is 2. The molecule has 5 nitrogen and oxygen atoms in total. The van der Waals surface area contributed by atoms with Crippen LogP contribution in [0.1, 0.15) is 5.56 Å². The lowest BCUT2D eigenvalue weighted by atomic mass is 10.2. The van der Waals surface area contributed by atoms with E-state index in [0.29, 0.717) is 11.6 Å². The number of nitrogens with zero attached hydrogens (tertiary/aromatic N) is 3. The molecule has 3 aromatic carbocycles. The van der Waals surface area contributed by atoms with Crippen molar-refractivity contribution in [2.24, 2.45) is 0 Å². The average molecular weight is 421 g/mol. The standard InChI is InChI=1S/C23H20FN3O2S/c1-28-20-12-10-19(11-13-20)27-22(17-4-3-5-21(14-17)29-2)25-26-23(27)30-15-16-6-8-18(24)9-7-16/h3-14H,15H2,1-2H3. The predicted octanol–water partition coefficient (Wildman–Crippen LogP) is 5.38. The summed E-state index contributed by atoms with van der Waals surface area (Å²) in [7, 11) is 3.27. The number of halogens is 1. The van der Waals surface area contributed by atoms with E-state index in [0.717, 1.165) is 33.5 Å². The molecule has 0 radical (unpaired) electrons. The highest BCUT2D eigenvalue weighted by Gasteiger charge is 2.17. The molecule has 0 aliphatic heterocycles. The van der Waals surface area contributed by atoms with Crippen molar-refractivity contribution in [1.82, 2.24) is 14.8 Å². The minimum Gasteiger partial charge on any atom is -0.497 e. The highest BCUT2D eigenvalue weighted by Crippen LogP contribution is 2.31. The minimum absolute atomic E-state index is 0.245. The predicted molar refractivity (Wildman–Crippen MR) is 116 cm³/mol. The van der Waals surface area contributed by atoms with Gasteiger partial charge < -0.3 is 9.47 Å². The van der Waals surface area contributed by atoms with Gasteiger partial charge in [-0.05, 0) is 54.1 Å². The molecule has 152 valence electrons. The van der Waals surface area contributed by atoms with Gasteiger partial charge in [-0.2, -0.15) is 0 Å². The summed E-state index contributed by atoms with van der Waals surface area (Å²) >= 11 is 1.54. The van der Waals surface area contributed by atoms with Gasteiger partial charge in [0.2, 0.25) is 0 Å². The Morgan fingerprint density at radius 3 is 2.30 bits per heavy atom. The van der Waals surface area contributed by atoms with Crippen molar-refractivity contribution in [3.8, 4) is 28.6 Å². The zero-order valence-electron chi connectivity index (χ0n) is 16.6. The van der Waals surface area contributed by atoms with E-state index in [2.05, 4.69) is 10.2 Å². The van der Waals surface area contributed by atoms with E-state index in [1.54, 1.807) is 38.1 Å². The molecular weight excluding hydrogens is 401 g/mol. The molecule has 7 heteroatoms. The molecule has 0 spiro atoms. The van der Waals surface area contributed by atoms with Gasteiger partial charge >= 0.3 is 0 Å². The number of hydrogen-bond donors (Lipinski definition) is 0. The highest BCUT2D eigenvalue weighted by atomic mass is 32.2. The van der Waals surface area contributed by atoms with Gasteiger partial charge in [0.1, 0.15) is 17.3 Å².